The van der Waals surface area contributed by atoms with Crippen LogP contribution in [-0.2, 0) is 9.53 Å². The van der Waals surface area contributed by atoms with Crippen molar-refractivity contribution in [3.05, 3.63) is 10.6 Å². The molecule has 1 rings (SSSR count). The lowest BCUT2D eigenvalue weighted by molar-refractivity contribution is -0.118. The average molecular weight is 257 g/mol. The Bertz CT molecular complexity index is 417. The molecule has 0 radical (unpaired) electrons. The van der Waals surface area contributed by atoms with E-state index >= 15 is 0 Å². The van der Waals surface area contributed by atoms with E-state index in [2.05, 4.69) is 20.4 Å². The van der Waals surface area contributed by atoms with Crippen molar-refractivity contribution in [2.24, 2.45) is 0 Å². The SMILES string of the molecule is COC(=O)c1sc(NCCNC(C)=O)nc1C. The number of aromatic nitrogens is 1. The van der Waals surface area contributed by atoms with E-state index in [9.17, 15) is 9.59 Å². The number of hydrogen-bond acceptors (Lipinski definition) is 6. The van der Waals surface area contributed by atoms with Gasteiger partial charge in [-0.1, -0.05) is 11.3 Å². The smallest absolute Gasteiger partial charge is 0.350 e. The summed E-state index contributed by atoms with van der Waals surface area (Å²) in [6, 6.07) is 0. The second-order valence-electron chi connectivity index (χ2n) is 3.33. The summed E-state index contributed by atoms with van der Waals surface area (Å²) in [5.74, 6) is -0.452. The molecular weight excluding hydrogens is 242 g/mol. The molecule has 7 heteroatoms. The molecule has 0 bridgehead atoms. The molecule has 0 aliphatic carbocycles. The molecule has 1 aromatic heterocycles. The van der Waals surface area contributed by atoms with Crippen molar-refractivity contribution in [1.82, 2.24) is 10.3 Å². The van der Waals surface area contributed by atoms with E-state index in [-0.39, 0.29) is 11.9 Å². The number of amides is 1. The number of aryl methyl sites for hydroxylation is 1. The highest BCUT2D eigenvalue weighted by molar-refractivity contribution is 7.17. The lowest BCUT2D eigenvalue weighted by atomic mass is 10.4. The number of anilines is 1. The van der Waals surface area contributed by atoms with E-state index in [0.29, 0.717) is 28.8 Å². The Morgan fingerprint density at radius 3 is 2.71 bits per heavy atom. The number of methoxy groups -OCH3 is 1. The first-order valence-electron chi connectivity index (χ1n) is 5.08. The summed E-state index contributed by atoms with van der Waals surface area (Å²) >= 11 is 1.24. The largest absolute Gasteiger partial charge is 0.465 e. The molecule has 0 spiro atoms. The first-order chi connectivity index (χ1) is 8.04. The molecule has 0 atom stereocenters. The minimum atomic E-state index is -0.380. The predicted octanol–water partition coefficient (Wildman–Crippen LogP) is 0.786. The number of thiazole rings is 1. The van der Waals surface area contributed by atoms with Crippen molar-refractivity contribution < 1.29 is 14.3 Å². The second-order valence-corrected chi connectivity index (χ2v) is 4.33. The van der Waals surface area contributed by atoms with Crippen LogP contribution in [0.3, 0.4) is 0 Å². The highest BCUT2D eigenvalue weighted by Gasteiger charge is 2.15. The number of carbonyl (C=O) groups excluding carboxylic acids is 2. The zero-order valence-corrected chi connectivity index (χ0v) is 10.8. The molecule has 0 aliphatic rings. The van der Waals surface area contributed by atoms with Crippen molar-refractivity contribution in [2.75, 3.05) is 25.5 Å². The van der Waals surface area contributed by atoms with Crippen molar-refractivity contribution >= 4 is 28.3 Å². The molecule has 1 aromatic rings. The molecule has 0 unspecified atom stereocenters. The van der Waals surface area contributed by atoms with Crippen LogP contribution in [0.4, 0.5) is 5.13 Å². The lowest BCUT2D eigenvalue weighted by Gasteiger charge is -2.02. The first-order valence-corrected chi connectivity index (χ1v) is 5.90. The van der Waals surface area contributed by atoms with Crippen molar-refractivity contribution in [3.8, 4) is 0 Å². The van der Waals surface area contributed by atoms with Gasteiger partial charge in [0.25, 0.3) is 0 Å². The minimum absolute atomic E-state index is 0.0719. The maximum Gasteiger partial charge on any atom is 0.350 e. The van der Waals surface area contributed by atoms with Gasteiger partial charge in [-0.2, -0.15) is 0 Å². The Hall–Kier alpha value is -1.63. The van der Waals surface area contributed by atoms with Crippen LogP contribution in [0.5, 0.6) is 0 Å². The van der Waals surface area contributed by atoms with Crippen LogP contribution < -0.4 is 10.6 Å². The Kier molecular flexibility index (Phi) is 4.89. The molecule has 94 valence electrons. The summed E-state index contributed by atoms with van der Waals surface area (Å²) in [4.78, 5) is 26.6. The van der Waals surface area contributed by atoms with Crippen LogP contribution in [-0.4, -0.2) is 37.1 Å². The topological polar surface area (TPSA) is 80.3 Å². The molecule has 0 saturated heterocycles. The molecule has 0 aliphatic heterocycles. The second kappa shape index (κ2) is 6.19. The van der Waals surface area contributed by atoms with Crippen molar-refractivity contribution in [2.45, 2.75) is 13.8 Å². The standard InChI is InChI=1S/C10H15N3O3S/c1-6-8(9(15)16-3)17-10(13-6)12-5-4-11-7(2)14/h4-5H2,1-3H3,(H,11,14)(H,12,13). The van der Waals surface area contributed by atoms with Gasteiger partial charge >= 0.3 is 5.97 Å². The van der Waals surface area contributed by atoms with Crippen LogP contribution >= 0.6 is 11.3 Å². The Balaban J connectivity index is 2.50. The fourth-order valence-electron chi connectivity index (χ4n) is 1.16. The first kappa shape index (κ1) is 13.4. The number of hydrogen-bond donors (Lipinski definition) is 2. The fourth-order valence-corrected chi connectivity index (χ4v) is 2.07. The lowest BCUT2D eigenvalue weighted by Crippen LogP contribution is -2.26. The van der Waals surface area contributed by atoms with E-state index in [1.165, 1.54) is 25.4 Å². The van der Waals surface area contributed by atoms with Gasteiger partial charge in [0.15, 0.2) is 5.13 Å². The van der Waals surface area contributed by atoms with Gasteiger partial charge in [-0.05, 0) is 6.92 Å². The Labute approximate surface area is 103 Å². The van der Waals surface area contributed by atoms with E-state index < -0.39 is 0 Å². The van der Waals surface area contributed by atoms with E-state index in [0.717, 1.165) is 0 Å². The molecule has 2 N–H and O–H groups in total. The maximum atomic E-state index is 11.3. The summed E-state index contributed by atoms with van der Waals surface area (Å²) in [5, 5.41) is 6.33. The minimum Gasteiger partial charge on any atom is -0.465 e. The van der Waals surface area contributed by atoms with Crippen LogP contribution in [0.25, 0.3) is 0 Å². The summed E-state index contributed by atoms with van der Waals surface area (Å²) < 4.78 is 4.63. The third kappa shape index (κ3) is 4.03. The summed E-state index contributed by atoms with van der Waals surface area (Å²) in [5.41, 5.74) is 0.642. The normalized spacial score (nSPS) is 9.82. The van der Waals surface area contributed by atoms with Crippen molar-refractivity contribution in [1.29, 1.82) is 0 Å². The molecule has 0 saturated carbocycles. The molecule has 1 heterocycles. The quantitative estimate of drug-likeness (QED) is 0.602. The molecule has 17 heavy (non-hydrogen) atoms. The van der Waals surface area contributed by atoms with Crippen LogP contribution in [0.15, 0.2) is 0 Å². The highest BCUT2D eigenvalue weighted by atomic mass is 32.1. The third-order valence-corrected chi connectivity index (χ3v) is 3.04. The van der Waals surface area contributed by atoms with E-state index in [4.69, 9.17) is 0 Å². The monoisotopic (exact) mass is 257 g/mol. The van der Waals surface area contributed by atoms with Crippen LogP contribution in [0.1, 0.15) is 22.3 Å². The van der Waals surface area contributed by atoms with Crippen LogP contribution in [0.2, 0.25) is 0 Å². The molecular formula is C10H15N3O3S. The summed E-state index contributed by atoms with van der Waals surface area (Å²) in [6.07, 6.45) is 0. The number of rotatable bonds is 5. The van der Waals surface area contributed by atoms with E-state index in [1.807, 2.05) is 0 Å². The van der Waals surface area contributed by atoms with Gasteiger partial charge in [0.1, 0.15) is 4.88 Å². The fraction of sp³-hybridized carbons (Fsp3) is 0.500. The third-order valence-electron chi connectivity index (χ3n) is 1.94. The molecule has 0 fully saturated rings. The number of nitrogens with one attached hydrogen (secondary N) is 2. The summed E-state index contributed by atoms with van der Waals surface area (Å²) in [7, 11) is 1.34. The van der Waals surface area contributed by atoms with Gasteiger partial charge in [0, 0.05) is 20.0 Å². The zero-order chi connectivity index (χ0) is 12.8. The van der Waals surface area contributed by atoms with Gasteiger partial charge in [-0.15, -0.1) is 0 Å². The van der Waals surface area contributed by atoms with E-state index in [1.54, 1.807) is 6.92 Å². The zero-order valence-electron chi connectivity index (χ0n) is 9.99. The van der Waals surface area contributed by atoms with Gasteiger partial charge in [-0.3, -0.25) is 4.79 Å². The maximum absolute atomic E-state index is 11.3. The predicted molar refractivity (Wildman–Crippen MR) is 65.4 cm³/mol. The Morgan fingerprint density at radius 1 is 1.41 bits per heavy atom. The van der Waals surface area contributed by atoms with Gasteiger partial charge in [0.05, 0.1) is 12.8 Å². The van der Waals surface area contributed by atoms with Gasteiger partial charge in [-0.25, -0.2) is 9.78 Å². The number of esters is 1. The average Bonchev–Trinajstić information content (AvgIpc) is 2.65. The number of carbonyl (C=O) groups is 2. The van der Waals surface area contributed by atoms with Crippen LogP contribution in [0, 0.1) is 6.92 Å². The number of ether oxygens (including phenoxy) is 1. The summed E-state index contributed by atoms with van der Waals surface area (Å²) in [6.45, 7) is 4.29. The molecule has 0 aromatic carbocycles. The number of nitrogens with zero attached hydrogens (tertiary/aromatic N) is 1. The van der Waals surface area contributed by atoms with Gasteiger partial charge in [0.2, 0.25) is 5.91 Å². The highest BCUT2D eigenvalue weighted by Crippen LogP contribution is 2.22. The molecule has 1 amide bonds. The Morgan fingerprint density at radius 2 is 2.12 bits per heavy atom. The van der Waals surface area contributed by atoms with Crippen molar-refractivity contribution in [3.63, 3.8) is 0 Å². The van der Waals surface area contributed by atoms with Gasteiger partial charge < -0.3 is 15.4 Å². The molecule has 6 nitrogen and oxygen atoms in total.